The molecule has 0 aliphatic heterocycles. The minimum atomic E-state index is -1.12. The van der Waals surface area contributed by atoms with Crippen molar-refractivity contribution in [2.45, 2.75) is 20.0 Å². The molecule has 0 saturated heterocycles. The van der Waals surface area contributed by atoms with Crippen molar-refractivity contribution in [1.82, 2.24) is 10.6 Å². The fourth-order valence-corrected chi connectivity index (χ4v) is 1.81. The lowest BCUT2D eigenvalue weighted by Gasteiger charge is -2.12. The fraction of sp³-hybridized carbons (Fsp3) is 0.353. The van der Waals surface area contributed by atoms with Gasteiger partial charge in [0.25, 0.3) is 5.91 Å². The van der Waals surface area contributed by atoms with E-state index in [1.54, 1.807) is 25.1 Å². The first kappa shape index (κ1) is 20.0. The van der Waals surface area contributed by atoms with Crippen LogP contribution < -0.4 is 20.1 Å². The summed E-state index contributed by atoms with van der Waals surface area (Å²) in [5.74, 6) is -0.300. The van der Waals surface area contributed by atoms with Crippen LogP contribution in [0.3, 0.4) is 0 Å². The van der Waals surface area contributed by atoms with E-state index in [9.17, 15) is 14.4 Å². The van der Waals surface area contributed by atoms with Crippen LogP contribution in [0.2, 0.25) is 0 Å². The maximum absolute atomic E-state index is 11.8. The Morgan fingerprint density at radius 2 is 1.92 bits per heavy atom. The van der Waals surface area contributed by atoms with Crippen molar-refractivity contribution in [3.8, 4) is 11.5 Å². The zero-order chi connectivity index (χ0) is 18.8. The second-order valence-corrected chi connectivity index (χ2v) is 4.87. The molecule has 0 aliphatic rings. The number of ether oxygens (including phenoxy) is 3. The van der Waals surface area contributed by atoms with E-state index in [0.29, 0.717) is 23.6 Å². The number of methoxy groups -OCH3 is 2. The quantitative estimate of drug-likeness (QED) is 0.570. The number of esters is 1. The Kier molecular flexibility index (Phi) is 7.98. The van der Waals surface area contributed by atoms with Gasteiger partial charge in [-0.1, -0.05) is 0 Å². The van der Waals surface area contributed by atoms with E-state index >= 15 is 0 Å². The molecule has 8 heteroatoms. The molecule has 0 fully saturated rings. The number of amides is 3. The molecule has 2 N–H and O–H groups in total. The molecular formula is C17H22N2O6. The summed E-state index contributed by atoms with van der Waals surface area (Å²) in [4.78, 5) is 34.8. The van der Waals surface area contributed by atoms with Gasteiger partial charge >= 0.3 is 12.0 Å². The average molecular weight is 350 g/mol. The van der Waals surface area contributed by atoms with Crippen molar-refractivity contribution < 1.29 is 28.6 Å². The third-order valence-electron chi connectivity index (χ3n) is 3.07. The number of urea groups is 1. The molecule has 1 unspecified atom stereocenters. The lowest BCUT2D eigenvalue weighted by atomic mass is 10.1. The van der Waals surface area contributed by atoms with Crippen molar-refractivity contribution in [2.75, 3.05) is 20.8 Å². The first-order chi connectivity index (χ1) is 11.9. The van der Waals surface area contributed by atoms with Gasteiger partial charge in [0.15, 0.2) is 6.10 Å². The number of imide groups is 1. The van der Waals surface area contributed by atoms with Gasteiger partial charge in [0, 0.05) is 18.2 Å². The number of hydrogen-bond donors (Lipinski definition) is 2. The highest BCUT2D eigenvalue weighted by molar-refractivity contribution is 5.98. The van der Waals surface area contributed by atoms with Crippen molar-refractivity contribution in [3.63, 3.8) is 0 Å². The van der Waals surface area contributed by atoms with Crippen molar-refractivity contribution in [2.24, 2.45) is 0 Å². The van der Waals surface area contributed by atoms with Crippen LogP contribution in [0.15, 0.2) is 24.3 Å². The largest absolute Gasteiger partial charge is 0.497 e. The minimum Gasteiger partial charge on any atom is -0.497 e. The Bertz CT molecular complexity index is 657. The van der Waals surface area contributed by atoms with Crippen LogP contribution in [0.25, 0.3) is 6.08 Å². The third-order valence-corrected chi connectivity index (χ3v) is 3.07. The number of rotatable bonds is 7. The van der Waals surface area contributed by atoms with E-state index in [1.807, 2.05) is 0 Å². The molecule has 1 atom stereocenters. The molecular weight excluding hydrogens is 328 g/mol. The normalized spacial score (nSPS) is 11.5. The fourth-order valence-electron chi connectivity index (χ4n) is 1.81. The number of carbonyl (C=O) groups is 3. The van der Waals surface area contributed by atoms with Crippen LogP contribution in [0.4, 0.5) is 4.79 Å². The minimum absolute atomic E-state index is 0.373. The molecule has 0 spiro atoms. The summed E-state index contributed by atoms with van der Waals surface area (Å²) in [6.07, 6.45) is 1.53. The van der Waals surface area contributed by atoms with Crippen LogP contribution in [-0.4, -0.2) is 44.8 Å². The van der Waals surface area contributed by atoms with E-state index in [0.717, 1.165) is 6.08 Å². The zero-order valence-corrected chi connectivity index (χ0v) is 14.6. The van der Waals surface area contributed by atoms with Crippen LogP contribution in [0, 0.1) is 0 Å². The number of hydrogen-bond acceptors (Lipinski definition) is 6. The summed E-state index contributed by atoms with van der Waals surface area (Å²) in [7, 11) is 3.03. The lowest BCUT2D eigenvalue weighted by Crippen LogP contribution is -2.44. The molecule has 1 aromatic rings. The predicted octanol–water partition coefficient (Wildman–Crippen LogP) is 1.49. The van der Waals surface area contributed by atoms with Gasteiger partial charge in [-0.15, -0.1) is 0 Å². The molecule has 0 aliphatic carbocycles. The summed E-state index contributed by atoms with van der Waals surface area (Å²) in [5, 5.41) is 4.47. The lowest BCUT2D eigenvalue weighted by molar-refractivity contribution is -0.149. The molecule has 0 radical (unpaired) electrons. The van der Waals surface area contributed by atoms with E-state index in [1.165, 1.54) is 27.2 Å². The number of nitrogens with one attached hydrogen (secondary N) is 2. The molecule has 25 heavy (non-hydrogen) atoms. The van der Waals surface area contributed by atoms with Gasteiger partial charge in [-0.2, -0.15) is 0 Å². The molecule has 136 valence electrons. The van der Waals surface area contributed by atoms with Gasteiger partial charge in [-0.05, 0) is 38.1 Å². The van der Waals surface area contributed by atoms with E-state index < -0.39 is 24.0 Å². The van der Waals surface area contributed by atoms with Crippen LogP contribution >= 0.6 is 0 Å². The Labute approximate surface area is 146 Å². The van der Waals surface area contributed by atoms with Crippen molar-refractivity contribution in [1.29, 1.82) is 0 Å². The van der Waals surface area contributed by atoms with Gasteiger partial charge in [-0.25, -0.2) is 9.59 Å². The van der Waals surface area contributed by atoms with Gasteiger partial charge in [0.05, 0.1) is 14.2 Å². The van der Waals surface area contributed by atoms with Crippen molar-refractivity contribution >= 4 is 24.0 Å². The second kappa shape index (κ2) is 9.96. The highest BCUT2D eigenvalue weighted by atomic mass is 16.5. The summed E-state index contributed by atoms with van der Waals surface area (Å²) < 4.78 is 15.3. The summed E-state index contributed by atoms with van der Waals surface area (Å²) >= 11 is 0. The molecule has 0 saturated carbocycles. The van der Waals surface area contributed by atoms with E-state index in [2.05, 4.69) is 10.6 Å². The molecule has 0 bridgehead atoms. The Balaban J connectivity index is 2.68. The Hall–Kier alpha value is -3.03. The first-order valence-corrected chi connectivity index (χ1v) is 7.60. The van der Waals surface area contributed by atoms with Gasteiger partial charge < -0.3 is 19.5 Å². The third kappa shape index (κ3) is 6.54. The topological polar surface area (TPSA) is 103 Å². The molecule has 1 rings (SSSR count). The molecule has 8 nitrogen and oxygen atoms in total. The zero-order valence-electron chi connectivity index (χ0n) is 14.6. The van der Waals surface area contributed by atoms with Gasteiger partial charge in [0.2, 0.25) is 0 Å². The first-order valence-electron chi connectivity index (χ1n) is 7.60. The van der Waals surface area contributed by atoms with E-state index in [-0.39, 0.29) is 0 Å². The molecule has 1 aromatic carbocycles. The Morgan fingerprint density at radius 1 is 1.20 bits per heavy atom. The maximum atomic E-state index is 11.8. The number of carbonyl (C=O) groups excluding carboxylic acids is 3. The maximum Gasteiger partial charge on any atom is 0.331 e. The van der Waals surface area contributed by atoms with Crippen LogP contribution in [0.5, 0.6) is 11.5 Å². The predicted molar refractivity (Wildman–Crippen MR) is 91.3 cm³/mol. The van der Waals surface area contributed by atoms with Crippen LogP contribution in [0.1, 0.15) is 19.4 Å². The summed E-state index contributed by atoms with van der Waals surface area (Å²) in [5.41, 5.74) is 0.609. The van der Waals surface area contributed by atoms with Crippen molar-refractivity contribution in [3.05, 3.63) is 29.8 Å². The molecule has 0 aromatic heterocycles. The second-order valence-electron chi connectivity index (χ2n) is 4.87. The molecule has 3 amide bonds. The SMILES string of the molecule is CCNC(=O)NC(=O)C(C)OC(=O)/C=C/c1cc(OC)ccc1OC. The molecule has 0 heterocycles. The van der Waals surface area contributed by atoms with Crippen LogP contribution in [-0.2, 0) is 14.3 Å². The summed E-state index contributed by atoms with van der Waals surface area (Å²) in [6.45, 7) is 3.45. The van der Waals surface area contributed by atoms with Gasteiger partial charge in [0.1, 0.15) is 11.5 Å². The highest BCUT2D eigenvalue weighted by Crippen LogP contribution is 2.25. The smallest absolute Gasteiger partial charge is 0.331 e. The Morgan fingerprint density at radius 3 is 2.52 bits per heavy atom. The van der Waals surface area contributed by atoms with Gasteiger partial charge in [-0.3, -0.25) is 10.1 Å². The summed E-state index contributed by atoms with van der Waals surface area (Å²) in [6, 6.07) is 4.47. The monoisotopic (exact) mass is 350 g/mol. The highest BCUT2D eigenvalue weighted by Gasteiger charge is 2.18. The van der Waals surface area contributed by atoms with E-state index in [4.69, 9.17) is 14.2 Å². The number of benzene rings is 1. The average Bonchev–Trinajstić information content (AvgIpc) is 2.59. The standard InChI is InChI=1S/C17H22N2O6/c1-5-18-17(22)19-16(21)11(2)25-15(20)9-6-12-10-13(23-3)7-8-14(12)24-4/h6-11H,5H2,1-4H3,(H2,18,19,21,22)/b9-6+.